The monoisotopic (exact) mass is 414 g/mol. The van der Waals surface area contributed by atoms with E-state index in [-0.39, 0.29) is 6.04 Å². The molecule has 0 amide bonds. The Morgan fingerprint density at radius 1 is 1.13 bits per heavy atom. The standard InChI is InChI=1S/C24H26N6O/c1-24(31)11-9-20(10-12-24)29-22-19(14-25)16-28-23(30-22)27-15-18-8-5-13-26-21(18)17-6-3-2-4-7-17/h2-8,13,16,20,31H,9-12,15H2,1H3,(H2,27,28,29,30). The van der Waals surface area contributed by atoms with Crippen molar-refractivity contribution in [2.75, 3.05) is 10.6 Å². The van der Waals surface area contributed by atoms with E-state index in [2.05, 4.69) is 31.7 Å². The summed E-state index contributed by atoms with van der Waals surface area (Å²) in [5.74, 6) is 0.980. The lowest BCUT2D eigenvalue weighted by molar-refractivity contribution is 0.0196. The first-order valence-electron chi connectivity index (χ1n) is 10.5. The highest BCUT2D eigenvalue weighted by atomic mass is 16.3. The lowest BCUT2D eigenvalue weighted by Crippen LogP contribution is -2.36. The second kappa shape index (κ2) is 9.11. The molecule has 31 heavy (non-hydrogen) atoms. The number of hydrogen-bond donors (Lipinski definition) is 3. The Hall–Kier alpha value is -3.50. The Morgan fingerprint density at radius 2 is 1.90 bits per heavy atom. The maximum absolute atomic E-state index is 10.2. The molecule has 0 spiro atoms. The molecule has 0 bridgehead atoms. The molecule has 0 aliphatic heterocycles. The summed E-state index contributed by atoms with van der Waals surface area (Å²) in [5, 5.41) is 26.3. The largest absolute Gasteiger partial charge is 0.390 e. The number of aromatic nitrogens is 3. The number of anilines is 2. The van der Waals surface area contributed by atoms with Crippen molar-refractivity contribution >= 4 is 11.8 Å². The molecule has 1 saturated carbocycles. The van der Waals surface area contributed by atoms with Crippen molar-refractivity contribution in [1.82, 2.24) is 15.0 Å². The van der Waals surface area contributed by atoms with E-state index < -0.39 is 5.60 Å². The number of rotatable bonds is 6. The van der Waals surface area contributed by atoms with E-state index in [1.165, 1.54) is 6.20 Å². The molecular weight excluding hydrogens is 388 g/mol. The van der Waals surface area contributed by atoms with Gasteiger partial charge < -0.3 is 15.7 Å². The number of nitrogens with zero attached hydrogens (tertiary/aromatic N) is 4. The third-order valence-corrected chi connectivity index (χ3v) is 5.69. The van der Waals surface area contributed by atoms with Crippen molar-refractivity contribution in [2.45, 2.75) is 50.8 Å². The van der Waals surface area contributed by atoms with Crippen molar-refractivity contribution in [3.8, 4) is 17.3 Å². The second-order valence-corrected chi connectivity index (χ2v) is 8.21. The molecule has 0 saturated heterocycles. The molecule has 3 aromatic rings. The van der Waals surface area contributed by atoms with E-state index in [0.717, 1.165) is 42.5 Å². The summed E-state index contributed by atoms with van der Waals surface area (Å²) in [5.41, 5.74) is 2.81. The first-order valence-corrected chi connectivity index (χ1v) is 10.5. The van der Waals surface area contributed by atoms with Crippen molar-refractivity contribution in [2.24, 2.45) is 0 Å². The minimum Gasteiger partial charge on any atom is -0.390 e. The molecule has 3 N–H and O–H groups in total. The van der Waals surface area contributed by atoms with E-state index in [0.29, 0.717) is 23.9 Å². The number of nitriles is 1. The summed E-state index contributed by atoms with van der Waals surface area (Å²) in [4.78, 5) is 13.4. The van der Waals surface area contributed by atoms with E-state index in [4.69, 9.17) is 0 Å². The van der Waals surface area contributed by atoms with Gasteiger partial charge in [0, 0.05) is 24.3 Å². The van der Waals surface area contributed by atoms with Crippen LogP contribution in [0.4, 0.5) is 11.8 Å². The summed E-state index contributed by atoms with van der Waals surface area (Å²) in [7, 11) is 0. The maximum Gasteiger partial charge on any atom is 0.224 e. The fourth-order valence-electron chi connectivity index (χ4n) is 3.85. The van der Waals surface area contributed by atoms with Crippen LogP contribution in [0.5, 0.6) is 0 Å². The summed E-state index contributed by atoms with van der Waals surface area (Å²) in [6.07, 6.45) is 6.45. The fourth-order valence-corrected chi connectivity index (χ4v) is 3.85. The minimum atomic E-state index is -0.602. The highest BCUT2D eigenvalue weighted by Crippen LogP contribution is 2.30. The number of benzene rings is 1. The van der Waals surface area contributed by atoms with Gasteiger partial charge in [0.15, 0.2) is 0 Å². The lowest BCUT2D eigenvalue weighted by atomic mass is 9.83. The zero-order valence-electron chi connectivity index (χ0n) is 17.5. The van der Waals surface area contributed by atoms with Gasteiger partial charge in [0.25, 0.3) is 0 Å². The highest BCUT2D eigenvalue weighted by Gasteiger charge is 2.29. The van der Waals surface area contributed by atoms with Crippen LogP contribution in [0.2, 0.25) is 0 Å². The van der Waals surface area contributed by atoms with Crippen LogP contribution < -0.4 is 10.6 Å². The van der Waals surface area contributed by atoms with Crippen molar-refractivity contribution in [1.29, 1.82) is 5.26 Å². The lowest BCUT2D eigenvalue weighted by Gasteiger charge is -2.33. The molecule has 0 radical (unpaired) electrons. The van der Waals surface area contributed by atoms with Crippen LogP contribution in [0.1, 0.15) is 43.7 Å². The first-order chi connectivity index (χ1) is 15.0. The number of hydrogen-bond acceptors (Lipinski definition) is 7. The van der Waals surface area contributed by atoms with Gasteiger partial charge in [-0.25, -0.2) is 4.98 Å². The molecule has 2 heterocycles. The van der Waals surface area contributed by atoms with Gasteiger partial charge in [-0.15, -0.1) is 0 Å². The SMILES string of the molecule is CC1(O)CCC(Nc2nc(NCc3cccnc3-c3ccccc3)ncc2C#N)CC1. The van der Waals surface area contributed by atoms with Crippen LogP contribution in [0.15, 0.2) is 54.9 Å². The van der Waals surface area contributed by atoms with Gasteiger partial charge in [-0.05, 0) is 44.2 Å². The molecule has 0 unspecified atom stereocenters. The zero-order chi connectivity index (χ0) is 21.7. The van der Waals surface area contributed by atoms with E-state index >= 15 is 0 Å². The van der Waals surface area contributed by atoms with Gasteiger partial charge in [-0.2, -0.15) is 10.2 Å². The van der Waals surface area contributed by atoms with E-state index in [1.807, 2.05) is 49.4 Å². The molecule has 4 rings (SSSR count). The topological polar surface area (TPSA) is 107 Å². The van der Waals surface area contributed by atoms with Crippen LogP contribution in [0.3, 0.4) is 0 Å². The molecule has 0 atom stereocenters. The first kappa shape index (κ1) is 20.8. The van der Waals surface area contributed by atoms with Gasteiger partial charge in [0.2, 0.25) is 5.95 Å². The Morgan fingerprint density at radius 3 is 2.65 bits per heavy atom. The molecular formula is C24H26N6O. The smallest absolute Gasteiger partial charge is 0.224 e. The number of nitrogens with one attached hydrogen (secondary N) is 2. The van der Waals surface area contributed by atoms with Crippen LogP contribution in [0.25, 0.3) is 11.3 Å². The second-order valence-electron chi connectivity index (χ2n) is 8.21. The minimum absolute atomic E-state index is 0.179. The van der Waals surface area contributed by atoms with Gasteiger partial charge in [0.1, 0.15) is 17.5 Å². The average Bonchev–Trinajstić information content (AvgIpc) is 2.80. The summed E-state index contributed by atoms with van der Waals surface area (Å²) in [6.45, 7) is 2.38. The van der Waals surface area contributed by atoms with E-state index in [9.17, 15) is 10.4 Å². The molecule has 7 heteroatoms. The van der Waals surface area contributed by atoms with Gasteiger partial charge >= 0.3 is 0 Å². The van der Waals surface area contributed by atoms with Crippen LogP contribution >= 0.6 is 0 Å². The molecule has 1 fully saturated rings. The van der Waals surface area contributed by atoms with Crippen molar-refractivity contribution < 1.29 is 5.11 Å². The molecule has 1 aliphatic rings. The Labute approximate surface area is 182 Å². The third-order valence-electron chi connectivity index (χ3n) is 5.69. The molecule has 158 valence electrons. The fraction of sp³-hybridized carbons (Fsp3) is 0.333. The quantitative estimate of drug-likeness (QED) is 0.557. The zero-order valence-corrected chi connectivity index (χ0v) is 17.5. The average molecular weight is 415 g/mol. The van der Waals surface area contributed by atoms with Crippen LogP contribution in [-0.2, 0) is 6.54 Å². The van der Waals surface area contributed by atoms with Gasteiger partial charge in [0.05, 0.1) is 17.5 Å². The Kier molecular flexibility index (Phi) is 6.10. The van der Waals surface area contributed by atoms with Crippen molar-refractivity contribution in [3.63, 3.8) is 0 Å². The Bertz CT molecular complexity index is 1070. The maximum atomic E-state index is 10.2. The highest BCUT2D eigenvalue weighted by molar-refractivity contribution is 5.63. The predicted octanol–water partition coefficient (Wildman–Crippen LogP) is 4.13. The normalized spacial score (nSPS) is 20.6. The summed E-state index contributed by atoms with van der Waals surface area (Å²) < 4.78 is 0. The van der Waals surface area contributed by atoms with E-state index in [1.54, 1.807) is 6.20 Å². The molecule has 2 aromatic heterocycles. The van der Waals surface area contributed by atoms with Gasteiger partial charge in [-0.1, -0.05) is 36.4 Å². The predicted molar refractivity (Wildman–Crippen MR) is 120 cm³/mol. The summed E-state index contributed by atoms with van der Waals surface area (Å²) >= 11 is 0. The molecule has 1 aliphatic carbocycles. The molecule has 7 nitrogen and oxygen atoms in total. The number of pyridine rings is 1. The van der Waals surface area contributed by atoms with Crippen molar-refractivity contribution in [3.05, 3.63) is 66.0 Å². The van der Waals surface area contributed by atoms with Crippen LogP contribution in [0, 0.1) is 11.3 Å². The van der Waals surface area contributed by atoms with Gasteiger partial charge in [-0.3, -0.25) is 4.98 Å². The third kappa shape index (κ3) is 5.16. The summed E-state index contributed by atoms with van der Waals surface area (Å²) in [6, 6.07) is 16.3. The van der Waals surface area contributed by atoms with Crippen LogP contribution in [-0.4, -0.2) is 31.7 Å². The Balaban J connectivity index is 1.48. The number of aliphatic hydroxyl groups is 1. The molecule has 1 aromatic carbocycles.